The van der Waals surface area contributed by atoms with Gasteiger partial charge in [-0.25, -0.2) is 4.79 Å². The van der Waals surface area contributed by atoms with Crippen molar-refractivity contribution in [1.82, 2.24) is 5.32 Å². The average molecular weight is 420 g/mol. The molecule has 0 radical (unpaired) electrons. The van der Waals surface area contributed by atoms with Crippen LogP contribution in [0.15, 0.2) is 48.5 Å². The smallest absolute Gasteiger partial charge is 0.416 e. The molecule has 0 saturated carbocycles. The van der Waals surface area contributed by atoms with Gasteiger partial charge in [-0.2, -0.15) is 13.2 Å². The van der Waals surface area contributed by atoms with E-state index < -0.39 is 35.2 Å². The van der Waals surface area contributed by atoms with Crippen molar-refractivity contribution in [2.45, 2.75) is 33.0 Å². The Morgan fingerprint density at radius 1 is 1.10 bits per heavy atom. The van der Waals surface area contributed by atoms with Crippen molar-refractivity contribution in [3.05, 3.63) is 65.2 Å². The highest BCUT2D eigenvalue weighted by molar-refractivity contribution is 5.97. The molecule has 8 heteroatoms. The number of nitrogens with one attached hydrogen (secondary N) is 1. The van der Waals surface area contributed by atoms with Crippen molar-refractivity contribution in [2.24, 2.45) is 5.41 Å². The summed E-state index contributed by atoms with van der Waals surface area (Å²) in [5, 5.41) is 2.86. The van der Waals surface area contributed by atoms with Gasteiger partial charge in [0.1, 0.15) is 6.61 Å². The maximum absolute atomic E-state index is 13.1. The fourth-order valence-corrected chi connectivity index (χ4v) is 3.35. The highest BCUT2D eigenvalue weighted by atomic mass is 19.4. The zero-order valence-corrected chi connectivity index (χ0v) is 16.9. The summed E-state index contributed by atoms with van der Waals surface area (Å²) in [6.07, 6.45) is -4.95. The molecular formula is C22H23F3N2O3. The van der Waals surface area contributed by atoms with Crippen molar-refractivity contribution in [3.8, 4) is 0 Å². The second kappa shape index (κ2) is 8.01. The van der Waals surface area contributed by atoms with Crippen LogP contribution in [0.25, 0.3) is 0 Å². The molecule has 0 aliphatic carbocycles. The number of benzene rings is 2. The lowest BCUT2D eigenvalue weighted by atomic mass is 9.81. The summed E-state index contributed by atoms with van der Waals surface area (Å²) in [4.78, 5) is 26.1. The average Bonchev–Trinajstić information content (AvgIpc) is 3.10. The summed E-state index contributed by atoms with van der Waals surface area (Å²) in [6.45, 7) is 6.19. The van der Waals surface area contributed by atoms with Gasteiger partial charge in [0.05, 0.1) is 18.2 Å². The van der Waals surface area contributed by atoms with Crippen LogP contribution in [0, 0.1) is 5.41 Å². The van der Waals surface area contributed by atoms with E-state index in [1.807, 2.05) is 20.8 Å². The highest BCUT2D eigenvalue weighted by Gasteiger charge is 2.34. The molecule has 1 N–H and O–H groups in total. The Hall–Kier alpha value is -3.03. The van der Waals surface area contributed by atoms with Crippen LogP contribution in [0.2, 0.25) is 0 Å². The van der Waals surface area contributed by atoms with E-state index in [-0.39, 0.29) is 6.61 Å². The summed E-state index contributed by atoms with van der Waals surface area (Å²) in [7, 11) is 0. The van der Waals surface area contributed by atoms with E-state index in [1.54, 1.807) is 30.3 Å². The van der Waals surface area contributed by atoms with Gasteiger partial charge in [0.25, 0.3) is 5.91 Å². The molecule has 2 aromatic rings. The van der Waals surface area contributed by atoms with E-state index in [0.29, 0.717) is 23.4 Å². The molecule has 2 amide bonds. The van der Waals surface area contributed by atoms with Crippen molar-refractivity contribution in [1.29, 1.82) is 0 Å². The Labute approximate surface area is 172 Å². The van der Waals surface area contributed by atoms with E-state index in [2.05, 4.69) is 5.32 Å². The molecule has 30 heavy (non-hydrogen) atoms. The minimum absolute atomic E-state index is 0.275. The summed E-state index contributed by atoms with van der Waals surface area (Å²) < 4.78 is 44.4. The lowest BCUT2D eigenvalue weighted by Gasteiger charge is -2.32. The van der Waals surface area contributed by atoms with E-state index in [9.17, 15) is 22.8 Å². The van der Waals surface area contributed by atoms with Crippen LogP contribution >= 0.6 is 0 Å². The number of hydrogen-bond acceptors (Lipinski definition) is 3. The standard InChI is InChI=1S/C22H23F3N2O3/c1-21(2,3)18(14-6-4-8-16(12-14)22(23,24)25)26-19(28)15-7-5-9-17(13-15)27-10-11-30-20(27)29/h4-9,12-13,18H,10-11H2,1-3H3,(H,26,28). The molecule has 1 saturated heterocycles. The van der Waals surface area contributed by atoms with Gasteiger partial charge < -0.3 is 10.1 Å². The lowest BCUT2D eigenvalue weighted by molar-refractivity contribution is -0.137. The third-order valence-corrected chi connectivity index (χ3v) is 4.87. The number of anilines is 1. The SMILES string of the molecule is CC(C)(C)C(NC(=O)c1cccc(N2CCOC2=O)c1)c1cccc(C(F)(F)F)c1. The van der Waals surface area contributed by atoms with Crippen LogP contribution in [0.3, 0.4) is 0 Å². The molecule has 1 aliphatic rings. The molecule has 5 nitrogen and oxygen atoms in total. The van der Waals surface area contributed by atoms with Gasteiger partial charge in [0.2, 0.25) is 0 Å². The summed E-state index contributed by atoms with van der Waals surface area (Å²) in [5.41, 5.74) is -0.121. The third kappa shape index (κ3) is 4.75. The van der Waals surface area contributed by atoms with Gasteiger partial charge in [-0.1, -0.05) is 39.0 Å². The maximum Gasteiger partial charge on any atom is 0.416 e. The number of cyclic esters (lactones) is 1. The maximum atomic E-state index is 13.1. The third-order valence-electron chi connectivity index (χ3n) is 4.87. The summed E-state index contributed by atoms with van der Waals surface area (Å²) in [5.74, 6) is -0.443. The largest absolute Gasteiger partial charge is 0.447 e. The second-order valence-electron chi connectivity index (χ2n) is 8.21. The molecule has 2 aromatic carbocycles. The number of rotatable bonds is 4. The minimum Gasteiger partial charge on any atom is -0.447 e. The zero-order chi connectivity index (χ0) is 22.1. The van der Waals surface area contributed by atoms with Crippen molar-refractivity contribution < 1.29 is 27.5 Å². The van der Waals surface area contributed by atoms with Crippen LogP contribution < -0.4 is 10.2 Å². The number of hydrogen-bond donors (Lipinski definition) is 1. The van der Waals surface area contributed by atoms with Gasteiger partial charge in [-0.3, -0.25) is 9.69 Å². The first-order chi connectivity index (χ1) is 14.0. The minimum atomic E-state index is -4.47. The normalized spacial score (nSPS) is 15.7. The Balaban J connectivity index is 1.88. The Kier molecular flexibility index (Phi) is 5.78. The Bertz CT molecular complexity index is 951. The number of nitrogens with zero attached hydrogens (tertiary/aromatic N) is 1. The van der Waals surface area contributed by atoms with Crippen LogP contribution in [0.5, 0.6) is 0 Å². The van der Waals surface area contributed by atoms with E-state index in [0.717, 1.165) is 12.1 Å². The van der Waals surface area contributed by atoms with Crippen molar-refractivity contribution in [2.75, 3.05) is 18.1 Å². The van der Waals surface area contributed by atoms with E-state index in [4.69, 9.17) is 4.74 Å². The molecule has 0 spiro atoms. The summed E-state index contributed by atoms with van der Waals surface area (Å²) in [6, 6.07) is 10.8. The zero-order valence-electron chi connectivity index (χ0n) is 16.9. The van der Waals surface area contributed by atoms with Crippen LogP contribution in [-0.4, -0.2) is 25.2 Å². The quantitative estimate of drug-likeness (QED) is 0.742. The molecule has 3 rings (SSSR count). The number of alkyl halides is 3. The van der Waals surface area contributed by atoms with Crippen LogP contribution in [0.1, 0.15) is 48.3 Å². The van der Waals surface area contributed by atoms with Gasteiger partial charge in [0.15, 0.2) is 0 Å². The predicted molar refractivity (Wildman–Crippen MR) is 106 cm³/mol. The molecule has 160 valence electrons. The van der Waals surface area contributed by atoms with Gasteiger partial charge in [-0.05, 0) is 41.3 Å². The van der Waals surface area contributed by atoms with Gasteiger partial charge in [0, 0.05) is 11.3 Å². The second-order valence-corrected chi connectivity index (χ2v) is 8.21. The molecule has 0 aromatic heterocycles. The number of ether oxygens (including phenoxy) is 1. The lowest BCUT2D eigenvalue weighted by Crippen LogP contribution is -2.37. The molecule has 0 bridgehead atoms. The van der Waals surface area contributed by atoms with Crippen LogP contribution in [-0.2, 0) is 10.9 Å². The fraction of sp³-hybridized carbons (Fsp3) is 0.364. The van der Waals surface area contributed by atoms with Crippen LogP contribution in [0.4, 0.5) is 23.7 Å². The first-order valence-electron chi connectivity index (χ1n) is 9.49. The Morgan fingerprint density at radius 2 is 1.80 bits per heavy atom. The van der Waals surface area contributed by atoms with Crippen molar-refractivity contribution in [3.63, 3.8) is 0 Å². The molecular weight excluding hydrogens is 397 g/mol. The number of carbonyl (C=O) groups is 2. The molecule has 1 fully saturated rings. The molecule has 1 aliphatic heterocycles. The molecule has 1 heterocycles. The monoisotopic (exact) mass is 420 g/mol. The van der Waals surface area contributed by atoms with Crippen molar-refractivity contribution >= 4 is 17.7 Å². The number of carbonyl (C=O) groups excluding carboxylic acids is 2. The van der Waals surface area contributed by atoms with Gasteiger partial charge >= 0.3 is 12.3 Å². The summed E-state index contributed by atoms with van der Waals surface area (Å²) >= 11 is 0. The number of halogens is 3. The first-order valence-corrected chi connectivity index (χ1v) is 9.49. The molecule has 1 atom stereocenters. The molecule has 1 unspecified atom stereocenters. The fourth-order valence-electron chi connectivity index (χ4n) is 3.35. The van der Waals surface area contributed by atoms with E-state index >= 15 is 0 Å². The van der Waals surface area contributed by atoms with E-state index in [1.165, 1.54) is 11.0 Å². The van der Waals surface area contributed by atoms with Gasteiger partial charge in [-0.15, -0.1) is 0 Å². The first kappa shape index (κ1) is 21.7. The Morgan fingerprint density at radius 3 is 2.40 bits per heavy atom. The highest BCUT2D eigenvalue weighted by Crippen LogP contribution is 2.36. The number of amides is 2. The predicted octanol–water partition coefficient (Wildman–Crippen LogP) is 5.18. The topological polar surface area (TPSA) is 58.6 Å².